The molecule has 0 aliphatic heterocycles. The number of anilines is 10. The molecule has 6 aromatic rings. The van der Waals surface area contributed by atoms with Gasteiger partial charge in [0.2, 0.25) is 35.7 Å². The van der Waals surface area contributed by atoms with Gasteiger partial charge in [0.1, 0.15) is 40.5 Å². The quantitative estimate of drug-likeness (QED) is 0.0313. The first kappa shape index (κ1) is 65.2. The molecular formula is C40H40N12Na4O12S4. The van der Waals surface area contributed by atoms with Crippen molar-refractivity contribution >= 4 is 111 Å². The fourth-order valence-electron chi connectivity index (χ4n) is 6.29. The van der Waals surface area contributed by atoms with Crippen LogP contribution in [0.5, 0.6) is 0 Å². The van der Waals surface area contributed by atoms with Gasteiger partial charge in [-0.05, 0) is 112 Å². The van der Waals surface area contributed by atoms with Crippen molar-refractivity contribution < 1.29 is 170 Å². The summed E-state index contributed by atoms with van der Waals surface area (Å²) in [4.78, 5) is 27.5. The molecule has 0 spiro atoms. The summed E-state index contributed by atoms with van der Waals surface area (Å²) in [6.07, 6.45) is 2.27. The van der Waals surface area contributed by atoms with Crippen LogP contribution in [0.25, 0.3) is 12.2 Å². The molecule has 72 heavy (non-hydrogen) atoms. The van der Waals surface area contributed by atoms with Gasteiger partial charge in [-0.1, -0.05) is 24.3 Å². The van der Waals surface area contributed by atoms with Gasteiger partial charge in [0.25, 0.3) is 0 Å². The second-order valence-corrected chi connectivity index (χ2v) is 19.6. The minimum atomic E-state index is -5.20. The van der Waals surface area contributed by atoms with Gasteiger partial charge in [0, 0.05) is 48.9 Å². The molecule has 0 aliphatic rings. The van der Waals surface area contributed by atoms with Crippen molar-refractivity contribution in [3.8, 4) is 0 Å². The molecule has 0 radical (unpaired) electrons. The third kappa shape index (κ3) is 17.9. The van der Waals surface area contributed by atoms with Gasteiger partial charge >= 0.3 is 118 Å². The first-order valence-electron chi connectivity index (χ1n) is 20.1. The zero-order valence-corrected chi connectivity index (χ0v) is 51.4. The molecule has 360 valence electrons. The Morgan fingerprint density at radius 2 is 0.667 bits per heavy atom. The van der Waals surface area contributed by atoms with Crippen molar-refractivity contribution in [1.82, 2.24) is 29.9 Å². The Kier molecular flexibility index (Phi) is 25.1. The zero-order valence-electron chi connectivity index (χ0n) is 40.2. The molecule has 0 amide bonds. The monoisotopic (exact) mass is 1100 g/mol. The molecule has 6 rings (SSSR count). The van der Waals surface area contributed by atoms with E-state index in [0.717, 1.165) is 48.6 Å². The molecule has 0 bridgehead atoms. The minimum absolute atomic E-state index is 0. The van der Waals surface area contributed by atoms with E-state index in [-0.39, 0.29) is 176 Å². The van der Waals surface area contributed by atoms with Crippen LogP contribution in [0.15, 0.2) is 105 Å². The maximum absolute atomic E-state index is 12.6. The first-order valence-corrected chi connectivity index (χ1v) is 25.7. The molecule has 0 aliphatic carbocycles. The first-order chi connectivity index (χ1) is 32.0. The van der Waals surface area contributed by atoms with Crippen molar-refractivity contribution in [3.63, 3.8) is 0 Å². The number of hydrogen-bond donors (Lipinski definition) is 4. The fourth-order valence-corrected chi connectivity index (χ4v) is 8.62. The molecule has 0 atom stereocenters. The molecule has 0 saturated carbocycles. The standard InChI is InChI=1S/C40H44N12O12S4.4Na/c1-5-51(6-2)39-47-35(41-27-15-19-31(20-16-27)65(53,54)55)45-37(49-39)43-29-13-11-25(33(23-29)67(59,60)61)9-10-26-12-14-30(24-34(26)68(62,63)64)44-38-46-36(48-40(50-38)52(7-3)8-4)42-28-17-21-32(22-18-28)66(56,57)58;;;;/h9-24H,5-8H2,1-4H3,(H,53,54,55)(H,56,57,58)(H,59,60,61)(H,62,63,64)(H2,41,43,45,47,49)(H2,42,44,46,48,50);;;;/q;4*+1/p-4/b10-9+;;;;. The summed E-state index contributed by atoms with van der Waals surface area (Å²) in [7, 11) is -19.8. The van der Waals surface area contributed by atoms with Gasteiger partial charge in [-0.2, -0.15) is 29.9 Å². The van der Waals surface area contributed by atoms with E-state index in [0.29, 0.717) is 37.6 Å². The number of nitrogens with one attached hydrogen (secondary N) is 4. The van der Waals surface area contributed by atoms with Crippen molar-refractivity contribution in [2.45, 2.75) is 47.3 Å². The molecule has 0 fully saturated rings. The maximum atomic E-state index is 12.6. The van der Waals surface area contributed by atoms with Crippen LogP contribution in [0.1, 0.15) is 38.8 Å². The number of nitrogens with zero attached hydrogens (tertiary/aromatic N) is 8. The number of rotatable bonds is 20. The molecule has 24 nitrogen and oxygen atoms in total. The second kappa shape index (κ2) is 27.7. The Balaban J connectivity index is 0.00000444. The Labute approximate surface area is 505 Å². The van der Waals surface area contributed by atoms with E-state index in [2.05, 4.69) is 51.2 Å². The minimum Gasteiger partial charge on any atom is -0.744 e. The van der Waals surface area contributed by atoms with E-state index in [1.54, 1.807) is 9.80 Å². The van der Waals surface area contributed by atoms with Crippen LogP contribution >= 0.6 is 0 Å². The van der Waals surface area contributed by atoms with Crippen LogP contribution in [0.2, 0.25) is 0 Å². The molecule has 4 aromatic carbocycles. The summed E-state index contributed by atoms with van der Waals surface area (Å²) in [6, 6.07) is 17.0. The number of aromatic nitrogens is 6. The van der Waals surface area contributed by atoms with Gasteiger partial charge in [0.15, 0.2) is 0 Å². The van der Waals surface area contributed by atoms with E-state index in [1.807, 2.05) is 27.7 Å². The summed E-state index contributed by atoms with van der Waals surface area (Å²) in [5.41, 5.74) is 0.356. The maximum Gasteiger partial charge on any atom is 1.00 e. The predicted octanol–water partition coefficient (Wildman–Crippen LogP) is -7.47. The molecule has 32 heteroatoms. The van der Waals surface area contributed by atoms with Crippen molar-refractivity contribution in [2.75, 3.05) is 57.2 Å². The smallest absolute Gasteiger partial charge is 0.744 e. The average Bonchev–Trinajstić information content (AvgIpc) is 3.26. The predicted molar refractivity (Wildman–Crippen MR) is 246 cm³/mol. The van der Waals surface area contributed by atoms with E-state index < -0.39 is 60.1 Å². The number of benzene rings is 4. The van der Waals surface area contributed by atoms with E-state index >= 15 is 0 Å². The Bertz CT molecular complexity index is 3110. The fraction of sp³-hybridized carbons (Fsp3) is 0.200. The van der Waals surface area contributed by atoms with Crippen molar-refractivity contribution in [1.29, 1.82) is 0 Å². The van der Waals surface area contributed by atoms with Crippen LogP contribution in [0, 0.1) is 0 Å². The van der Waals surface area contributed by atoms with Gasteiger partial charge in [-0.3, -0.25) is 0 Å². The summed E-state index contributed by atoms with van der Waals surface area (Å²) in [5, 5.41) is 11.5. The van der Waals surface area contributed by atoms with Gasteiger partial charge < -0.3 is 49.3 Å². The average molecular weight is 1100 g/mol. The molecule has 0 saturated heterocycles. The van der Waals surface area contributed by atoms with Crippen molar-refractivity contribution in [2.24, 2.45) is 0 Å². The second-order valence-electron chi connectivity index (χ2n) is 14.1. The Morgan fingerprint density at radius 3 is 0.917 bits per heavy atom. The van der Waals surface area contributed by atoms with Gasteiger partial charge in [-0.15, -0.1) is 0 Å². The largest absolute Gasteiger partial charge is 1.00 e. The van der Waals surface area contributed by atoms with E-state index in [1.165, 1.54) is 48.5 Å². The summed E-state index contributed by atoms with van der Waals surface area (Å²) >= 11 is 0. The van der Waals surface area contributed by atoms with Gasteiger partial charge in [0.05, 0.1) is 19.6 Å². The Morgan fingerprint density at radius 1 is 0.403 bits per heavy atom. The molecule has 4 N–H and O–H groups in total. The summed E-state index contributed by atoms with van der Waals surface area (Å²) < 4.78 is 144. The van der Waals surface area contributed by atoms with E-state index in [9.17, 15) is 51.9 Å². The summed E-state index contributed by atoms with van der Waals surface area (Å²) in [6.45, 7) is 9.30. The van der Waals surface area contributed by atoms with Crippen LogP contribution < -0.4 is 149 Å². The van der Waals surface area contributed by atoms with Crippen LogP contribution in [0.4, 0.5) is 58.4 Å². The van der Waals surface area contributed by atoms with Crippen molar-refractivity contribution in [3.05, 3.63) is 96.1 Å². The molecule has 2 aromatic heterocycles. The molecular weight excluding hydrogens is 1060 g/mol. The third-order valence-electron chi connectivity index (χ3n) is 9.66. The van der Waals surface area contributed by atoms with Crippen LogP contribution in [0.3, 0.4) is 0 Å². The molecule has 0 unspecified atom stereocenters. The normalized spacial score (nSPS) is 11.5. The third-order valence-corrected chi connectivity index (χ3v) is 13.1. The number of hydrogen-bond acceptors (Lipinski definition) is 24. The van der Waals surface area contributed by atoms with E-state index in [4.69, 9.17) is 0 Å². The van der Waals surface area contributed by atoms with Crippen LogP contribution in [-0.2, 0) is 40.5 Å². The SMILES string of the molecule is CCN(CC)c1nc(Nc2ccc(S(=O)(=O)[O-])cc2)nc(Nc2ccc(/C=C/c3ccc(Nc4nc(Nc5ccc(S(=O)(=O)[O-])cc5)nc(N(CC)CC)n4)cc3S(=O)(=O)[O-])c(S(=O)(=O)[O-])c2)n1.[Na+].[Na+].[Na+].[Na+]. The van der Waals surface area contributed by atoms with Crippen LogP contribution in [-0.4, -0.2) is 108 Å². The zero-order chi connectivity index (χ0) is 49.6. The molecule has 2 heterocycles. The topological polar surface area (TPSA) is 361 Å². The Hall–Kier alpha value is -2.92. The van der Waals surface area contributed by atoms with Gasteiger partial charge in [-0.25, -0.2) is 33.7 Å². The summed E-state index contributed by atoms with van der Waals surface area (Å²) in [5.74, 6) is 0.144.